The van der Waals surface area contributed by atoms with Crippen LogP contribution in [0.15, 0.2) is 30.6 Å². The summed E-state index contributed by atoms with van der Waals surface area (Å²) in [5.41, 5.74) is 4.94. The Labute approximate surface area is 239 Å². The average molecular weight is 551 g/mol. The monoisotopic (exact) mass is 550 g/mol. The van der Waals surface area contributed by atoms with Gasteiger partial charge in [-0.2, -0.15) is 0 Å². The van der Waals surface area contributed by atoms with Crippen LogP contribution in [0.25, 0.3) is 0 Å². The topological polar surface area (TPSA) is 77.0 Å². The second-order valence-corrected chi connectivity index (χ2v) is 11.8. The Morgan fingerprint density at radius 3 is 2.60 bits per heavy atom. The SMILES string of the molecule is CO[C@H]1COCC[C@H]1N(C)C1CCN(C(=O)c2ncnc(CC[C@H]3CCC[C@@H](c4ccc(C)cc4)O3)c2C)CC1. The summed E-state index contributed by atoms with van der Waals surface area (Å²) in [4.78, 5) is 27.0. The highest BCUT2D eigenvalue weighted by Crippen LogP contribution is 2.33. The van der Waals surface area contributed by atoms with E-state index in [1.165, 1.54) is 17.5 Å². The van der Waals surface area contributed by atoms with Gasteiger partial charge in [-0.25, -0.2) is 9.97 Å². The summed E-state index contributed by atoms with van der Waals surface area (Å²) in [6.45, 7) is 7.02. The lowest BCUT2D eigenvalue weighted by atomic mass is 9.95. The van der Waals surface area contributed by atoms with Crippen molar-refractivity contribution in [1.29, 1.82) is 0 Å². The molecule has 3 saturated heterocycles. The first-order valence-electron chi connectivity index (χ1n) is 15.1. The predicted octanol–water partition coefficient (Wildman–Crippen LogP) is 4.68. The predicted molar refractivity (Wildman–Crippen MR) is 154 cm³/mol. The maximum absolute atomic E-state index is 13.5. The number of ether oxygens (including phenoxy) is 3. The zero-order chi connectivity index (χ0) is 28.1. The molecule has 1 aromatic carbocycles. The number of rotatable bonds is 8. The lowest BCUT2D eigenvalue weighted by molar-refractivity contribution is -0.0891. The standard InChI is InChI=1S/C32H46N4O4/c1-22-8-10-24(11-9-22)29-7-5-6-26(40-29)12-13-27-23(2)31(34-21-33-27)32(37)36-17-14-25(15-18-36)35(3)28-16-19-39-20-30(28)38-4/h8-11,21,25-26,28-30H,5-7,12-20H2,1-4H3/t26-,28-,29+,30+/m1/s1. The van der Waals surface area contributed by atoms with E-state index in [1.54, 1.807) is 13.4 Å². The Bertz CT molecular complexity index is 1120. The lowest BCUT2D eigenvalue weighted by Gasteiger charge is -2.44. The fraction of sp³-hybridized carbons (Fsp3) is 0.656. The van der Waals surface area contributed by atoms with Crippen LogP contribution in [0.1, 0.15) is 83.9 Å². The fourth-order valence-corrected chi connectivity index (χ4v) is 6.68. The molecule has 1 amide bonds. The number of hydrogen-bond donors (Lipinski definition) is 0. The number of methoxy groups -OCH3 is 1. The van der Waals surface area contributed by atoms with E-state index in [0.717, 1.165) is 75.9 Å². The van der Waals surface area contributed by atoms with Crippen molar-refractivity contribution < 1.29 is 19.0 Å². The van der Waals surface area contributed by atoms with Crippen molar-refractivity contribution in [1.82, 2.24) is 19.8 Å². The largest absolute Gasteiger partial charge is 0.379 e. The zero-order valence-electron chi connectivity index (χ0n) is 24.7. The van der Waals surface area contributed by atoms with Gasteiger partial charge in [-0.3, -0.25) is 9.69 Å². The summed E-state index contributed by atoms with van der Waals surface area (Å²) in [5, 5.41) is 0. The molecule has 40 heavy (non-hydrogen) atoms. The highest BCUT2D eigenvalue weighted by Gasteiger charge is 2.35. The van der Waals surface area contributed by atoms with Gasteiger partial charge >= 0.3 is 0 Å². The van der Waals surface area contributed by atoms with Gasteiger partial charge in [0.2, 0.25) is 0 Å². The van der Waals surface area contributed by atoms with Crippen LogP contribution in [-0.4, -0.2) is 90.4 Å². The van der Waals surface area contributed by atoms with E-state index in [-0.39, 0.29) is 24.2 Å². The maximum Gasteiger partial charge on any atom is 0.272 e. The van der Waals surface area contributed by atoms with E-state index in [1.807, 2.05) is 11.8 Å². The Hall–Kier alpha value is -2.39. The van der Waals surface area contributed by atoms with Crippen molar-refractivity contribution in [2.24, 2.45) is 0 Å². The molecule has 3 fully saturated rings. The van der Waals surface area contributed by atoms with Crippen LogP contribution in [0.4, 0.5) is 0 Å². The number of benzene rings is 1. The number of carbonyl (C=O) groups is 1. The van der Waals surface area contributed by atoms with Crippen LogP contribution in [0.5, 0.6) is 0 Å². The van der Waals surface area contributed by atoms with Gasteiger partial charge in [-0.15, -0.1) is 0 Å². The van der Waals surface area contributed by atoms with Crippen molar-refractivity contribution in [3.63, 3.8) is 0 Å². The van der Waals surface area contributed by atoms with Gasteiger partial charge < -0.3 is 19.1 Å². The molecule has 0 radical (unpaired) electrons. The van der Waals surface area contributed by atoms with Gasteiger partial charge in [0.05, 0.1) is 24.9 Å². The summed E-state index contributed by atoms with van der Waals surface area (Å²) >= 11 is 0. The number of likely N-dealkylation sites (tertiary alicyclic amines) is 1. The number of likely N-dealkylation sites (N-methyl/N-ethyl adjacent to an activating group) is 1. The van der Waals surface area contributed by atoms with Crippen molar-refractivity contribution >= 4 is 5.91 Å². The number of aryl methyl sites for hydroxylation is 2. The second kappa shape index (κ2) is 13.5. The Balaban J connectivity index is 1.15. The molecule has 0 unspecified atom stereocenters. The van der Waals surface area contributed by atoms with E-state index in [0.29, 0.717) is 24.4 Å². The molecular weight excluding hydrogens is 504 g/mol. The Kier molecular flexibility index (Phi) is 9.84. The molecule has 4 atom stereocenters. The number of nitrogens with zero attached hydrogens (tertiary/aromatic N) is 4. The molecule has 0 bridgehead atoms. The summed E-state index contributed by atoms with van der Waals surface area (Å²) in [5.74, 6) is 0.0245. The van der Waals surface area contributed by atoms with Gasteiger partial charge in [0.1, 0.15) is 12.0 Å². The third-order valence-corrected chi connectivity index (χ3v) is 9.32. The molecule has 0 saturated carbocycles. The number of amides is 1. The molecular formula is C32H46N4O4. The van der Waals surface area contributed by atoms with E-state index in [2.05, 4.69) is 53.1 Å². The highest BCUT2D eigenvalue weighted by atomic mass is 16.5. The van der Waals surface area contributed by atoms with Gasteiger partial charge in [0, 0.05) is 50.1 Å². The quantitative estimate of drug-likeness (QED) is 0.473. The Morgan fingerprint density at radius 2 is 1.85 bits per heavy atom. The molecule has 3 aliphatic rings. The van der Waals surface area contributed by atoms with Crippen molar-refractivity contribution in [3.05, 3.63) is 58.7 Å². The van der Waals surface area contributed by atoms with Crippen molar-refractivity contribution in [2.75, 3.05) is 40.5 Å². The molecule has 0 N–H and O–H groups in total. The maximum atomic E-state index is 13.5. The molecule has 2 aromatic rings. The third kappa shape index (κ3) is 6.73. The highest BCUT2D eigenvalue weighted by molar-refractivity contribution is 5.93. The molecule has 8 nitrogen and oxygen atoms in total. The van der Waals surface area contributed by atoms with Gasteiger partial charge in [0.25, 0.3) is 5.91 Å². The van der Waals surface area contributed by atoms with E-state index in [9.17, 15) is 4.79 Å². The lowest BCUT2D eigenvalue weighted by Crippen LogP contribution is -2.54. The van der Waals surface area contributed by atoms with Crippen LogP contribution >= 0.6 is 0 Å². The number of piperidine rings is 1. The Morgan fingerprint density at radius 1 is 1.07 bits per heavy atom. The summed E-state index contributed by atoms with van der Waals surface area (Å²) in [6.07, 6.45) is 9.92. The number of hydrogen-bond acceptors (Lipinski definition) is 7. The van der Waals surface area contributed by atoms with Crippen molar-refractivity contribution in [3.8, 4) is 0 Å². The zero-order valence-corrected chi connectivity index (χ0v) is 24.7. The minimum absolute atomic E-state index is 0.0245. The summed E-state index contributed by atoms with van der Waals surface area (Å²) < 4.78 is 17.8. The number of carbonyl (C=O) groups excluding carboxylic acids is 1. The smallest absolute Gasteiger partial charge is 0.272 e. The molecule has 0 aliphatic carbocycles. The summed E-state index contributed by atoms with van der Waals surface area (Å²) in [6, 6.07) is 9.50. The molecule has 1 aromatic heterocycles. The molecule has 0 spiro atoms. The summed E-state index contributed by atoms with van der Waals surface area (Å²) in [7, 11) is 3.97. The van der Waals surface area contributed by atoms with Gasteiger partial charge in [0.15, 0.2) is 0 Å². The van der Waals surface area contributed by atoms with Crippen LogP contribution in [0, 0.1) is 13.8 Å². The normalized spacial score (nSPS) is 26.3. The van der Waals surface area contributed by atoms with Crippen LogP contribution in [0.2, 0.25) is 0 Å². The minimum Gasteiger partial charge on any atom is -0.379 e. The van der Waals surface area contributed by atoms with Gasteiger partial charge in [-0.05, 0) is 77.8 Å². The van der Waals surface area contributed by atoms with Crippen LogP contribution in [0.3, 0.4) is 0 Å². The molecule has 3 aliphatic heterocycles. The molecule has 8 heteroatoms. The molecule has 4 heterocycles. The van der Waals surface area contributed by atoms with E-state index < -0.39 is 0 Å². The first-order chi connectivity index (χ1) is 19.4. The second-order valence-electron chi connectivity index (χ2n) is 11.8. The fourth-order valence-electron chi connectivity index (χ4n) is 6.68. The average Bonchev–Trinajstić information content (AvgIpc) is 3.00. The third-order valence-electron chi connectivity index (χ3n) is 9.32. The van der Waals surface area contributed by atoms with E-state index >= 15 is 0 Å². The molecule has 5 rings (SSSR count). The van der Waals surface area contributed by atoms with Crippen LogP contribution in [-0.2, 0) is 20.6 Å². The van der Waals surface area contributed by atoms with Crippen molar-refractivity contribution in [2.45, 2.75) is 95.6 Å². The first-order valence-corrected chi connectivity index (χ1v) is 15.1. The van der Waals surface area contributed by atoms with Gasteiger partial charge in [-0.1, -0.05) is 29.8 Å². The molecule has 218 valence electrons. The number of aromatic nitrogens is 2. The van der Waals surface area contributed by atoms with E-state index in [4.69, 9.17) is 14.2 Å². The minimum atomic E-state index is 0.0245. The van der Waals surface area contributed by atoms with Crippen LogP contribution < -0.4 is 0 Å². The first kappa shape index (κ1) is 29.1.